The molecule has 0 aliphatic heterocycles. The monoisotopic (exact) mass is 249 g/mol. The Morgan fingerprint density at radius 2 is 2.22 bits per heavy atom. The van der Waals surface area contributed by atoms with Crippen molar-refractivity contribution in [2.45, 2.75) is 46.2 Å². The average molecular weight is 249 g/mol. The lowest BCUT2D eigenvalue weighted by Gasteiger charge is -2.04. The number of rotatable bonds is 5. The summed E-state index contributed by atoms with van der Waals surface area (Å²) in [7, 11) is 0. The summed E-state index contributed by atoms with van der Waals surface area (Å²) in [5.74, 6) is 0.822. The third kappa shape index (κ3) is 2.59. The number of aromatic nitrogens is 4. The first-order chi connectivity index (χ1) is 8.61. The van der Waals surface area contributed by atoms with Crippen LogP contribution in [-0.4, -0.2) is 20.2 Å². The van der Waals surface area contributed by atoms with Crippen LogP contribution in [0.15, 0.2) is 10.7 Å². The summed E-state index contributed by atoms with van der Waals surface area (Å²) in [4.78, 5) is 0. The Hall–Kier alpha value is -1.69. The number of nitrogens with zero attached hydrogens (tertiary/aromatic N) is 4. The van der Waals surface area contributed by atoms with E-state index >= 15 is 0 Å². The van der Waals surface area contributed by atoms with Gasteiger partial charge in [-0.15, -0.1) is 5.10 Å². The predicted molar refractivity (Wildman–Crippen MR) is 66.9 cm³/mol. The van der Waals surface area contributed by atoms with E-state index < -0.39 is 0 Å². The highest BCUT2D eigenvalue weighted by Gasteiger charge is 2.13. The Bertz CT molecular complexity index is 497. The van der Waals surface area contributed by atoms with Crippen LogP contribution in [0.1, 0.15) is 48.5 Å². The molecule has 6 nitrogen and oxygen atoms in total. The van der Waals surface area contributed by atoms with Gasteiger partial charge in [0, 0.05) is 5.56 Å². The molecule has 0 saturated heterocycles. The fourth-order valence-electron chi connectivity index (χ4n) is 1.91. The van der Waals surface area contributed by atoms with E-state index in [-0.39, 0.29) is 6.04 Å². The summed E-state index contributed by atoms with van der Waals surface area (Å²) in [6.45, 7) is 6.55. The molecule has 2 N–H and O–H groups in total. The molecule has 2 aromatic heterocycles. The van der Waals surface area contributed by atoms with Gasteiger partial charge < -0.3 is 10.3 Å². The maximum atomic E-state index is 6.01. The van der Waals surface area contributed by atoms with Gasteiger partial charge in [0.1, 0.15) is 5.76 Å². The number of hydrogen-bond donors (Lipinski definition) is 1. The quantitative estimate of drug-likeness (QED) is 0.872. The maximum Gasteiger partial charge on any atom is 0.138 e. The van der Waals surface area contributed by atoms with Crippen LogP contribution in [0, 0.1) is 13.8 Å². The smallest absolute Gasteiger partial charge is 0.138 e. The van der Waals surface area contributed by atoms with Gasteiger partial charge in [0.2, 0.25) is 0 Å². The molecule has 0 radical (unpaired) electrons. The van der Waals surface area contributed by atoms with Crippen LogP contribution in [0.3, 0.4) is 0 Å². The van der Waals surface area contributed by atoms with Crippen molar-refractivity contribution in [3.8, 4) is 0 Å². The van der Waals surface area contributed by atoms with Gasteiger partial charge in [0.15, 0.2) is 0 Å². The third-order valence-corrected chi connectivity index (χ3v) is 3.04. The van der Waals surface area contributed by atoms with E-state index in [2.05, 4.69) is 22.4 Å². The minimum atomic E-state index is -0.0339. The molecule has 0 saturated carbocycles. The zero-order valence-corrected chi connectivity index (χ0v) is 11.1. The van der Waals surface area contributed by atoms with Gasteiger partial charge in [-0.25, -0.2) is 4.68 Å². The summed E-state index contributed by atoms with van der Waals surface area (Å²) in [6.07, 6.45) is 3.86. The topological polar surface area (TPSA) is 82.8 Å². The van der Waals surface area contributed by atoms with E-state index in [1.54, 1.807) is 4.68 Å². The van der Waals surface area contributed by atoms with Crippen molar-refractivity contribution in [2.75, 3.05) is 0 Å². The Kier molecular flexibility index (Phi) is 3.76. The van der Waals surface area contributed by atoms with Crippen molar-refractivity contribution < 1.29 is 4.52 Å². The van der Waals surface area contributed by atoms with Crippen LogP contribution < -0.4 is 5.73 Å². The summed E-state index contributed by atoms with van der Waals surface area (Å²) in [5.41, 5.74) is 8.78. The van der Waals surface area contributed by atoms with Crippen LogP contribution >= 0.6 is 0 Å². The molecule has 0 aliphatic carbocycles. The van der Waals surface area contributed by atoms with Gasteiger partial charge in [-0.2, -0.15) is 0 Å². The lowest BCUT2D eigenvalue weighted by atomic mass is 10.1. The largest absolute Gasteiger partial charge is 0.361 e. The molecular formula is C12H19N5O. The first kappa shape index (κ1) is 12.8. The van der Waals surface area contributed by atoms with E-state index in [0.717, 1.165) is 35.6 Å². The molecule has 0 amide bonds. The number of nitrogens with two attached hydrogens (primary N) is 1. The first-order valence-electron chi connectivity index (χ1n) is 6.19. The lowest BCUT2D eigenvalue weighted by Crippen LogP contribution is -2.10. The highest BCUT2D eigenvalue weighted by molar-refractivity contribution is 5.20. The second-order valence-electron chi connectivity index (χ2n) is 4.54. The van der Waals surface area contributed by atoms with Crippen LogP contribution in [0.25, 0.3) is 0 Å². The Balaban J connectivity index is 2.11. The zero-order valence-electron chi connectivity index (χ0n) is 11.1. The molecular weight excluding hydrogens is 230 g/mol. The van der Waals surface area contributed by atoms with E-state index in [1.807, 2.05) is 20.0 Å². The van der Waals surface area contributed by atoms with Gasteiger partial charge >= 0.3 is 0 Å². The standard InChI is InChI=1S/C12H19N5O/c1-4-5-11(13)12-7-17(16-14-12)6-10-8(2)15-18-9(10)3/h7,11H,4-6,13H2,1-3H3. The summed E-state index contributed by atoms with van der Waals surface area (Å²) >= 11 is 0. The van der Waals surface area contributed by atoms with E-state index in [1.165, 1.54) is 0 Å². The second-order valence-corrected chi connectivity index (χ2v) is 4.54. The highest BCUT2D eigenvalue weighted by Crippen LogP contribution is 2.15. The van der Waals surface area contributed by atoms with Gasteiger partial charge in [-0.3, -0.25) is 0 Å². The molecule has 0 aliphatic rings. The molecule has 0 bridgehead atoms. The molecule has 18 heavy (non-hydrogen) atoms. The van der Waals surface area contributed by atoms with Gasteiger partial charge in [0.25, 0.3) is 0 Å². The van der Waals surface area contributed by atoms with Crippen molar-refractivity contribution in [2.24, 2.45) is 5.73 Å². The molecule has 2 rings (SSSR count). The Labute approximate surface area is 106 Å². The molecule has 0 fully saturated rings. The zero-order chi connectivity index (χ0) is 13.1. The predicted octanol–water partition coefficient (Wildman–Crippen LogP) is 1.73. The fourth-order valence-corrected chi connectivity index (χ4v) is 1.91. The van der Waals surface area contributed by atoms with Crippen molar-refractivity contribution in [1.82, 2.24) is 20.2 Å². The lowest BCUT2D eigenvalue weighted by molar-refractivity contribution is 0.391. The molecule has 0 spiro atoms. The van der Waals surface area contributed by atoms with Crippen LogP contribution in [0.5, 0.6) is 0 Å². The fraction of sp³-hybridized carbons (Fsp3) is 0.583. The Morgan fingerprint density at radius 1 is 1.44 bits per heavy atom. The van der Waals surface area contributed by atoms with Crippen molar-refractivity contribution in [3.05, 3.63) is 28.9 Å². The average Bonchev–Trinajstić information content (AvgIpc) is 2.92. The highest BCUT2D eigenvalue weighted by atomic mass is 16.5. The number of aryl methyl sites for hydroxylation is 2. The van der Waals surface area contributed by atoms with E-state index in [0.29, 0.717) is 6.54 Å². The van der Waals surface area contributed by atoms with Crippen molar-refractivity contribution in [3.63, 3.8) is 0 Å². The molecule has 1 unspecified atom stereocenters. The second kappa shape index (κ2) is 5.30. The molecule has 1 atom stereocenters. The maximum absolute atomic E-state index is 6.01. The van der Waals surface area contributed by atoms with Crippen LogP contribution in [-0.2, 0) is 6.54 Å². The summed E-state index contributed by atoms with van der Waals surface area (Å²) < 4.78 is 6.90. The van der Waals surface area contributed by atoms with Crippen LogP contribution in [0.2, 0.25) is 0 Å². The van der Waals surface area contributed by atoms with Gasteiger partial charge in [0.05, 0.1) is 30.2 Å². The SMILES string of the molecule is CCCC(N)c1cn(Cc2c(C)noc2C)nn1. The normalized spacial score (nSPS) is 12.9. The minimum Gasteiger partial charge on any atom is -0.361 e. The third-order valence-electron chi connectivity index (χ3n) is 3.04. The summed E-state index contributed by atoms with van der Waals surface area (Å²) in [6, 6.07) is -0.0339. The van der Waals surface area contributed by atoms with E-state index in [9.17, 15) is 0 Å². The minimum absolute atomic E-state index is 0.0339. The van der Waals surface area contributed by atoms with E-state index in [4.69, 9.17) is 10.3 Å². The Morgan fingerprint density at radius 3 is 2.83 bits per heavy atom. The molecule has 2 aromatic rings. The molecule has 0 aromatic carbocycles. The van der Waals surface area contributed by atoms with Crippen LogP contribution in [0.4, 0.5) is 0 Å². The van der Waals surface area contributed by atoms with Crippen molar-refractivity contribution in [1.29, 1.82) is 0 Å². The first-order valence-corrected chi connectivity index (χ1v) is 6.19. The number of hydrogen-bond acceptors (Lipinski definition) is 5. The molecule has 2 heterocycles. The van der Waals surface area contributed by atoms with Crippen molar-refractivity contribution >= 4 is 0 Å². The molecule has 98 valence electrons. The van der Waals surface area contributed by atoms with Gasteiger partial charge in [-0.05, 0) is 20.3 Å². The molecule has 6 heteroatoms. The van der Waals surface area contributed by atoms with Gasteiger partial charge in [-0.1, -0.05) is 23.7 Å². The summed E-state index contributed by atoms with van der Waals surface area (Å²) in [5, 5.41) is 12.1.